The number of carbonyl (C=O) groups is 1. The van der Waals surface area contributed by atoms with Gasteiger partial charge in [0, 0.05) is 36.4 Å². The van der Waals surface area contributed by atoms with Crippen LogP contribution in [0.5, 0.6) is 5.75 Å². The van der Waals surface area contributed by atoms with Crippen LogP contribution in [0.15, 0.2) is 18.2 Å². The lowest BCUT2D eigenvalue weighted by molar-refractivity contribution is -0.119. The van der Waals surface area contributed by atoms with Gasteiger partial charge in [0.25, 0.3) is 0 Å². The van der Waals surface area contributed by atoms with E-state index in [1.54, 1.807) is 6.07 Å². The third-order valence-electron chi connectivity index (χ3n) is 3.54. The molecule has 1 aromatic rings. The van der Waals surface area contributed by atoms with Crippen molar-refractivity contribution >= 4 is 11.6 Å². The van der Waals surface area contributed by atoms with Crippen molar-refractivity contribution in [1.82, 2.24) is 10.6 Å². The maximum absolute atomic E-state index is 11.5. The molecule has 3 N–H and O–H groups in total. The minimum Gasteiger partial charge on any atom is -0.508 e. The van der Waals surface area contributed by atoms with Crippen molar-refractivity contribution in [2.75, 3.05) is 31.6 Å². The molecular formula is C14H21N3O2. The summed E-state index contributed by atoms with van der Waals surface area (Å²) in [5, 5.41) is 16.0. The summed E-state index contributed by atoms with van der Waals surface area (Å²) in [5.41, 5.74) is 1.76. The van der Waals surface area contributed by atoms with Crippen molar-refractivity contribution in [2.24, 2.45) is 0 Å². The van der Waals surface area contributed by atoms with Crippen molar-refractivity contribution in [2.45, 2.75) is 19.4 Å². The Labute approximate surface area is 113 Å². The minimum absolute atomic E-state index is 0.0321. The lowest BCUT2D eigenvalue weighted by atomic mass is 10.1. The van der Waals surface area contributed by atoms with Gasteiger partial charge in [0.1, 0.15) is 5.75 Å². The predicted octanol–water partition coefficient (Wildman–Crippen LogP) is 0.999. The van der Waals surface area contributed by atoms with Crippen molar-refractivity contribution in [3.8, 4) is 5.75 Å². The van der Waals surface area contributed by atoms with E-state index in [0.29, 0.717) is 6.54 Å². The van der Waals surface area contributed by atoms with Crippen LogP contribution in [0.25, 0.3) is 0 Å². The van der Waals surface area contributed by atoms with E-state index in [2.05, 4.69) is 10.6 Å². The number of anilines is 1. The summed E-state index contributed by atoms with van der Waals surface area (Å²) in [6.45, 7) is 3.88. The summed E-state index contributed by atoms with van der Waals surface area (Å²) in [4.78, 5) is 13.5. The average Bonchev–Trinajstić information content (AvgIpc) is 2.62. The van der Waals surface area contributed by atoms with Crippen molar-refractivity contribution < 1.29 is 9.90 Å². The summed E-state index contributed by atoms with van der Waals surface area (Å²) >= 11 is 0. The van der Waals surface area contributed by atoms with Crippen LogP contribution in [-0.2, 0) is 4.79 Å². The standard InChI is InChI=1S/C14H21N3O2/c1-10(15-2)12-5-4-11(8-13(12)18)17-7-3-6-16-14(19)9-17/h4-5,8,10,15,18H,3,6-7,9H2,1-2H3,(H,16,19). The molecule has 0 spiro atoms. The minimum atomic E-state index is 0.0321. The maximum Gasteiger partial charge on any atom is 0.239 e. The van der Waals surface area contributed by atoms with Crippen LogP contribution in [-0.4, -0.2) is 37.7 Å². The molecule has 1 amide bonds. The van der Waals surface area contributed by atoms with Crippen molar-refractivity contribution in [3.63, 3.8) is 0 Å². The average molecular weight is 263 g/mol. The second kappa shape index (κ2) is 5.93. The summed E-state index contributed by atoms with van der Waals surface area (Å²) in [5.74, 6) is 0.300. The number of nitrogens with one attached hydrogen (secondary N) is 2. The highest BCUT2D eigenvalue weighted by Gasteiger charge is 2.17. The summed E-state index contributed by atoms with van der Waals surface area (Å²) in [6, 6.07) is 5.71. The molecule has 1 aliphatic heterocycles. The molecule has 0 aliphatic carbocycles. The summed E-state index contributed by atoms with van der Waals surface area (Å²) < 4.78 is 0. The van der Waals surface area contributed by atoms with Crippen molar-refractivity contribution in [1.29, 1.82) is 0 Å². The van der Waals surface area contributed by atoms with Gasteiger partial charge in [0.2, 0.25) is 5.91 Å². The number of hydrogen-bond acceptors (Lipinski definition) is 4. The van der Waals surface area contributed by atoms with Gasteiger partial charge in [-0.25, -0.2) is 0 Å². The summed E-state index contributed by atoms with van der Waals surface area (Å²) in [6.07, 6.45) is 0.918. The van der Waals surface area contributed by atoms with E-state index in [9.17, 15) is 9.90 Å². The molecule has 5 nitrogen and oxygen atoms in total. The predicted molar refractivity (Wildman–Crippen MR) is 75.4 cm³/mol. The molecule has 1 unspecified atom stereocenters. The molecule has 1 aromatic carbocycles. The monoisotopic (exact) mass is 263 g/mol. The molecule has 1 fully saturated rings. The lowest BCUT2D eigenvalue weighted by Crippen LogP contribution is -2.33. The molecule has 5 heteroatoms. The van der Waals surface area contributed by atoms with Gasteiger partial charge in [0.05, 0.1) is 6.54 Å². The number of carbonyl (C=O) groups excluding carboxylic acids is 1. The molecular weight excluding hydrogens is 242 g/mol. The van der Waals surface area contributed by atoms with Gasteiger partial charge in [0.15, 0.2) is 0 Å². The van der Waals surface area contributed by atoms with Gasteiger partial charge in [-0.3, -0.25) is 4.79 Å². The highest BCUT2D eigenvalue weighted by atomic mass is 16.3. The Bertz CT molecular complexity index is 462. The van der Waals surface area contributed by atoms with Crippen LogP contribution in [0, 0.1) is 0 Å². The maximum atomic E-state index is 11.5. The van der Waals surface area contributed by atoms with Gasteiger partial charge >= 0.3 is 0 Å². The molecule has 0 saturated carbocycles. The van der Waals surface area contributed by atoms with E-state index < -0.39 is 0 Å². The molecule has 19 heavy (non-hydrogen) atoms. The first-order valence-corrected chi connectivity index (χ1v) is 6.63. The van der Waals surface area contributed by atoms with E-state index in [1.807, 2.05) is 31.0 Å². The molecule has 104 valence electrons. The Morgan fingerprint density at radius 2 is 2.26 bits per heavy atom. The van der Waals surface area contributed by atoms with Crippen molar-refractivity contribution in [3.05, 3.63) is 23.8 Å². The molecule has 1 heterocycles. The first-order valence-electron chi connectivity index (χ1n) is 6.63. The van der Waals surface area contributed by atoms with E-state index in [-0.39, 0.29) is 17.7 Å². The van der Waals surface area contributed by atoms with Crippen LogP contribution < -0.4 is 15.5 Å². The molecule has 0 aromatic heterocycles. The number of hydrogen-bond donors (Lipinski definition) is 3. The second-order valence-electron chi connectivity index (χ2n) is 4.88. The number of aromatic hydroxyl groups is 1. The Kier molecular flexibility index (Phi) is 4.27. The number of amides is 1. The van der Waals surface area contributed by atoms with E-state index in [0.717, 1.165) is 30.8 Å². The zero-order valence-corrected chi connectivity index (χ0v) is 11.4. The Morgan fingerprint density at radius 1 is 1.47 bits per heavy atom. The molecule has 0 radical (unpaired) electrons. The second-order valence-corrected chi connectivity index (χ2v) is 4.88. The van der Waals surface area contributed by atoms with Crippen LogP contribution in [0.2, 0.25) is 0 Å². The molecule has 1 aliphatic rings. The SMILES string of the molecule is CNC(C)c1ccc(N2CCCNC(=O)C2)cc1O. The fraction of sp³-hybridized carbons (Fsp3) is 0.500. The zero-order valence-electron chi connectivity index (χ0n) is 11.4. The normalized spacial score (nSPS) is 17.8. The summed E-state index contributed by atoms with van der Waals surface area (Å²) in [7, 11) is 1.86. The first kappa shape index (κ1) is 13.7. The van der Waals surface area contributed by atoms with Gasteiger partial charge < -0.3 is 20.6 Å². The quantitative estimate of drug-likeness (QED) is 0.761. The van der Waals surface area contributed by atoms with E-state index in [1.165, 1.54) is 0 Å². The molecule has 1 atom stereocenters. The number of phenols is 1. The van der Waals surface area contributed by atoms with Crippen LogP contribution in [0.3, 0.4) is 0 Å². The largest absolute Gasteiger partial charge is 0.508 e. The number of rotatable bonds is 3. The zero-order chi connectivity index (χ0) is 13.8. The molecule has 0 bridgehead atoms. The van der Waals surface area contributed by atoms with Crippen LogP contribution >= 0.6 is 0 Å². The third-order valence-corrected chi connectivity index (χ3v) is 3.54. The number of phenolic OH excluding ortho intramolecular Hbond substituents is 1. The fourth-order valence-corrected chi connectivity index (χ4v) is 2.28. The highest BCUT2D eigenvalue weighted by molar-refractivity contribution is 5.81. The van der Waals surface area contributed by atoms with Gasteiger partial charge in [-0.1, -0.05) is 6.07 Å². The highest BCUT2D eigenvalue weighted by Crippen LogP contribution is 2.29. The Balaban J connectivity index is 2.21. The fourth-order valence-electron chi connectivity index (χ4n) is 2.28. The van der Waals surface area contributed by atoms with Gasteiger partial charge in [-0.15, -0.1) is 0 Å². The molecule has 1 saturated heterocycles. The van der Waals surface area contributed by atoms with Crippen LogP contribution in [0.1, 0.15) is 24.9 Å². The Hall–Kier alpha value is -1.75. The first-order chi connectivity index (χ1) is 9.11. The topological polar surface area (TPSA) is 64.6 Å². The third kappa shape index (κ3) is 3.17. The lowest BCUT2D eigenvalue weighted by Gasteiger charge is -2.23. The number of nitrogens with zero attached hydrogens (tertiary/aromatic N) is 1. The smallest absolute Gasteiger partial charge is 0.239 e. The Morgan fingerprint density at radius 3 is 2.95 bits per heavy atom. The van der Waals surface area contributed by atoms with Gasteiger partial charge in [-0.05, 0) is 26.5 Å². The van der Waals surface area contributed by atoms with Gasteiger partial charge in [-0.2, -0.15) is 0 Å². The van der Waals surface area contributed by atoms with E-state index >= 15 is 0 Å². The molecule has 2 rings (SSSR count). The number of benzene rings is 1. The van der Waals surface area contributed by atoms with E-state index in [4.69, 9.17) is 0 Å². The van der Waals surface area contributed by atoms with Crippen LogP contribution in [0.4, 0.5) is 5.69 Å².